The lowest BCUT2D eigenvalue weighted by atomic mass is 10.1. The molecule has 0 fully saturated rings. The molecule has 0 aromatic carbocycles. The summed E-state index contributed by atoms with van der Waals surface area (Å²) < 4.78 is 29.0. The van der Waals surface area contributed by atoms with Gasteiger partial charge in [-0.1, -0.05) is 12.1 Å². The number of sulfonamides is 1. The Morgan fingerprint density at radius 3 is 2.57 bits per heavy atom. The average Bonchev–Trinajstić information content (AvgIpc) is 3.22. The summed E-state index contributed by atoms with van der Waals surface area (Å²) in [4.78, 5) is 1.19. The van der Waals surface area contributed by atoms with Crippen molar-refractivity contribution in [3.63, 3.8) is 0 Å². The first kappa shape index (κ1) is 16.4. The van der Waals surface area contributed by atoms with E-state index in [1.54, 1.807) is 28.8 Å². The first-order valence-electron chi connectivity index (χ1n) is 7.10. The number of rotatable bonds is 6. The van der Waals surface area contributed by atoms with Gasteiger partial charge in [-0.3, -0.25) is 4.68 Å². The predicted molar refractivity (Wildman–Crippen MR) is 94.5 cm³/mol. The van der Waals surface area contributed by atoms with Gasteiger partial charge in [-0.05, 0) is 36.7 Å². The van der Waals surface area contributed by atoms with Gasteiger partial charge in [0.1, 0.15) is 4.21 Å². The normalized spacial score (nSPS) is 11.9. The molecule has 0 aliphatic heterocycles. The number of thiophene rings is 2. The zero-order valence-corrected chi connectivity index (χ0v) is 15.3. The van der Waals surface area contributed by atoms with Gasteiger partial charge < -0.3 is 0 Å². The van der Waals surface area contributed by atoms with Crippen molar-refractivity contribution in [3.8, 4) is 10.4 Å². The third kappa shape index (κ3) is 3.40. The molecule has 3 aromatic rings. The van der Waals surface area contributed by atoms with Crippen LogP contribution in [0.3, 0.4) is 0 Å². The fraction of sp³-hybridized carbons (Fsp3) is 0.267. The lowest BCUT2D eigenvalue weighted by molar-refractivity contribution is 0.556. The molecule has 0 unspecified atom stereocenters. The van der Waals surface area contributed by atoms with Crippen LogP contribution in [0.5, 0.6) is 0 Å². The standard InChI is InChI=1S/C15H17N3O2S3/c1-11-15(13-5-3-9-21-13)12(2)18(17-11)8-7-16-23(19,20)14-6-4-10-22-14/h3-6,9-10,16H,7-8H2,1-2H3. The van der Waals surface area contributed by atoms with Gasteiger partial charge in [0.25, 0.3) is 0 Å². The van der Waals surface area contributed by atoms with E-state index in [2.05, 4.69) is 15.9 Å². The third-order valence-electron chi connectivity index (χ3n) is 3.52. The van der Waals surface area contributed by atoms with E-state index in [1.807, 2.05) is 30.0 Å². The Balaban J connectivity index is 1.71. The minimum atomic E-state index is -3.42. The van der Waals surface area contributed by atoms with Crippen LogP contribution in [0.25, 0.3) is 10.4 Å². The monoisotopic (exact) mass is 367 g/mol. The molecule has 0 bridgehead atoms. The molecule has 0 aliphatic rings. The van der Waals surface area contributed by atoms with Crippen LogP contribution in [0.4, 0.5) is 0 Å². The maximum Gasteiger partial charge on any atom is 0.250 e. The molecule has 0 radical (unpaired) electrons. The fourth-order valence-electron chi connectivity index (χ4n) is 2.47. The summed E-state index contributed by atoms with van der Waals surface area (Å²) in [6.07, 6.45) is 0. The molecular formula is C15H17N3O2S3. The highest BCUT2D eigenvalue weighted by molar-refractivity contribution is 7.91. The topological polar surface area (TPSA) is 64.0 Å². The number of hydrogen-bond donors (Lipinski definition) is 1. The molecule has 0 spiro atoms. The van der Waals surface area contributed by atoms with Crippen LogP contribution in [-0.4, -0.2) is 24.7 Å². The molecule has 0 amide bonds. The maximum atomic E-state index is 12.1. The second-order valence-corrected chi connectivity index (χ2v) is 8.97. The van der Waals surface area contributed by atoms with Gasteiger partial charge in [0.2, 0.25) is 10.0 Å². The Bertz CT molecular complexity index is 879. The van der Waals surface area contributed by atoms with Gasteiger partial charge in [0.15, 0.2) is 0 Å². The van der Waals surface area contributed by atoms with Crippen molar-refractivity contribution >= 4 is 32.7 Å². The van der Waals surface area contributed by atoms with Gasteiger partial charge in [-0.2, -0.15) is 5.10 Å². The molecule has 0 aliphatic carbocycles. The molecule has 8 heteroatoms. The smallest absolute Gasteiger partial charge is 0.250 e. The van der Waals surface area contributed by atoms with E-state index in [9.17, 15) is 8.42 Å². The van der Waals surface area contributed by atoms with E-state index >= 15 is 0 Å². The van der Waals surface area contributed by atoms with E-state index in [1.165, 1.54) is 16.2 Å². The largest absolute Gasteiger partial charge is 0.268 e. The van der Waals surface area contributed by atoms with Crippen LogP contribution in [-0.2, 0) is 16.6 Å². The predicted octanol–water partition coefficient (Wildman–Crippen LogP) is 3.27. The summed E-state index contributed by atoms with van der Waals surface area (Å²) in [5.74, 6) is 0. The Morgan fingerprint density at radius 1 is 1.17 bits per heavy atom. The Morgan fingerprint density at radius 2 is 1.91 bits per heavy atom. The van der Waals surface area contributed by atoms with Gasteiger partial charge in [-0.15, -0.1) is 22.7 Å². The number of aryl methyl sites for hydroxylation is 1. The molecule has 3 aromatic heterocycles. The highest BCUT2D eigenvalue weighted by Crippen LogP contribution is 2.30. The van der Waals surface area contributed by atoms with Crippen molar-refractivity contribution < 1.29 is 8.42 Å². The lowest BCUT2D eigenvalue weighted by Crippen LogP contribution is -2.27. The molecule has 5 nitrogen and oxygen atoms in total. The summed E-state index contributed by atoms with van der Waals surface area (Å²) in [6, 6.07) is 7.43. The SMILES string of the molecule is Cc1nn(CCNS(=O)(=O)c2cccs2)c(C)c1-c1cccs1. The highest BCUT2D eigenvalue weighted by atomic mass is 32.2. The number of hydrogen-bond acceptors (Lipinski definition) is 5. The van der Waals surface area contributed by atoms with Crippen LogP contribution >= 0.6 is 22.7 Å². The van der Waals surface area contributed by atoms with Gasteiger partial charge in [-0.25, -0.2) is 13.1 Å². The first-order valence-corrected chi connectivity index (χ1v) is 10.3. The van der Waals surface area contributed by atoms with Gasteiger partial charge in [0.05, 0.1) is 12.2 Å². The number of aromatic nitrogens is 2. The third-order valence-corrected chi connectivity index (χ3v) is 7.27. The van der Waals surface area contributed by atoms with Crippen molar-refractivity contribution in [2.75, 3.05) is 6.54 Å². The van der Waals surface area contributed by atoms with E-state index in [-0.39, 0.29) is 0 Å². The molecule has 23 heavy (non-hydrogen) atoms. The van der Waals surface area contributed by atoms with E-state index in [4.69, 9.17) is 0 Å². The second kappa shape index (κ2) is 6.56. The van der Waals surface area contributed by atoms with Crippen molar-refractivity contribution in [2.24, 2.45) is 0 Å². The summed E-state index contributed by atoms with van der Waals surface area (Å²) in [5.41, 5.74) is 3.16. The van der Waals surface area contributed by atoms with E-state index in [0.29, 0.717) is 17.3 Å². The molecule has 0 atom stereocenters. The van der Waals surface area contributed by atoms with Crippen molar-refractivity contribution in [1.82, 2.24) is 14.5 Å². The summed E-state index contributed by atoms with van der Waals surface area (Å²) in [6.45, 7) is 4.81. The Hall–Kier alpha value is -1.48. The van der Waals surface area contributed by atoms with Crippen LogP contribution < -0.4 is 4.72 Å². The first-order chi connectivity index (χ1) is 11.0. The molecule has 122 valence electrons. The molecule has 3 heterocycles. The van der Waals surface area contributed by atoms with Crippen molar-refractivity contribution in [3.05, 3.63) is 46.4 Å². The van der Waals surface area contributed by atoms with E-state index in [0.717, 1.165) is 17.0 Å². The molecule has 1 N–H and O–H groups in total. The van der Waals surface area contributed by atoms with Crippen molar-refractivity contribution in [2.45, 2.75) is 24.6 Å². The zero-order valence-electron chi connectivity index (χ0n) is 12.8. The minimum Gasteiger partial charge on any atom is -0.268 e. The summed E-state index contributed by atoms with van der Waals surface area (Å²) in [5, 5.41) is 8.33. The van der Waals surface area contributed by atoms with Crippen LogP contribution in [0.15, 0.2) is 39.2 Å². The van der Waals surface area contributed by atoms with Crippen molar-refractivity contribution in [1.29, 1.82) is 0 Å². The molecular weight excluding hydrogens is 350 g/mol. The number of nitrogens with zero attached hydrogens (tertiary/aromatic N) is 2. The highest BCUT2D eigenvalue weighted by Gasteiger charge is 2.16. The molecule has 0 saturated heterocycles. The lowest BCUT2D eigenvalue weighted by Gasteiger charge is -2.07. The minimum absolute atomic E-state index is 0.312. The van der Waals surface area contributed by atoms with Gasteiger partial charge >= 0.3 is 0 Å². The van der Waals surface area contributed by atoms with Crippen LogP contribution in [0, 0.1) is 13.8 Å². The van der Waals surface area contributed by atoms with E-state index < -0.39 is 10.0 Å². The second-order valence-electron chi connectivity index (χ2n) is 5.08. The zero-order chi connectivity index (χ0) is 16.4. The summed E-state index contributed by atoms with van der Waals surface area (Å²) >= 11 is 2.89. The Kier molecular flexibility index (Phi) is 4.67. The maximum absolute atomic E-state index is 12.1. The van der Waals surface area contributed by atoms with Gasteiger partial charge in [0, 0.05) is 22.7 Å². The molecule has 0 saturated carbocycles. The fourth-order valence-corrected chi connectivity index (χ4v) is 5.40. The van der Waals surface area contributed by atoms with Crippen LogP contribution in [0.1, 0.15) is 11.4 Å². The van der Waals surface area contributed by atoms with Crippen LogP contribution in [0.2, 0.25) is 0 Å². The quantitative estimate of drug-likeness (QED) is 0.727. The Labute approximate surface area is 143 Å². The summed E-state index contributed by atoms with van der Waals surface area (Å²) in [7, 11) is -3.42. The average molecular weight is 368 g/mol. The molecule has 3 rings (SSSR count). The number of nitrogens with one attached hydrogen (secondary N) is 1.